The van der Waals surface area contributed by atoms with E-state index in [-0.39, 0.29) is 36.1 Å². The zero-order valence-electron chi connectivity index (χ0n) is 19.6. The number of aromatic nitrogens is 3. The molecule has 184 valence electrons. The van der Waals surface area contributed by atoms with Gasteiger partial charge in [0.1, 0.15) is 23.7 Å². The lowest BCUT2D eigenvalue weighted by Gasteiger charge is -2.12. The molecule has 0 spiro atoms. The predicted molar refractivity (Wildman–Crippen MR) is 137 cm³/mol. The number of rotatable bonds is 8. The van der Waals surface area contributed by atoms with Gasteiger partial charge in [-0.3, -0.25) is 14.2 Å². The van der Waals surface area contributed by atoms with Gasteiger partial charge in [0.15, 0.2) is 6.61 Å². The Morgan fingerprint density at radius 3 is 2.51 bits per heavy atom. The third-order valence-electron chi connectivity index (χ3n) is 5.60. The van der Waals surface area contributed by atoms with Crippen molar-refractivity contribution >= 4 is 28.5 Å². The normalized spacial score (nSPS) is 10.7. The SMILES string of the molecule is O=C(COc1ccccc1C(=O)NCc1ccc(-n2cnc3ccccc32)nc1)Nc1ccccc1F. The second-order valence-corrected chi connectivity index (χ2v) is 8.12. The van der Waals surface area contributed by atoms with Crippen LogP contribution in [0.1, 0.15) is 15.9 Å². The second kappa shape index (κ2) is 10.7. The summed E-state index contributed by atoms with van der Waals surface area (Å²) in [6.07, 6.45) is 3.42. The Hall–Kier alpha value is -5.05. The minimum atomic E-state index is -0.545. The summed E-state index contributed by atoms with van der Waals surface area (Å²) in [7, 11) is 0. The van der Waals surface area contributed by atoms with Gasteiger partial charge in [0, 0.05) is 12.7 Å². The molecule has 0 bridgehead atoms. The summed E-state index contributed by atoms with van der Waals surface area (Å²) in [6.45, 7) is -0.133. The number of amides is 2. The van der Waals surface area contributed by atoms with E-state index in [0.717, 1.165) is 22.4 Å². The number of para-hydroxylation sites is 4. The van der Waals surface area contributed by atoms with Gasteiger partial charge in [-0.15, -0.1) is 0 Å². The maximum absolute atomic E-state index is 13.7. The van der Waals surface area contributed by atoms with E-state index in [1.165, 1.54) is 18.2 Å². The number of halogens is 1. The number of fused-ring (bicyclic) bond motifs is 1. The molecule has 0 saturated carbocycles. The maximum atomic E-state index is 13.7. The van der Waals surface area contributed by atoms with Gasteiger partial charge in [-0.25, -0.2) is 14.4 Å². The molecular formula is C28H22FN5O3. The molecule has 37 heavy (non-hydrogen) atoms. The van der Waals surface area contributed by atoms with Crippen LogP contribution in [0.3, 0.4) is 0 Å². The molecule has 0 saturated heterocycles. The number of hydrogen-bond donors (Lipinski definition) is 2. The molecule has 0 aliphatic rings. The first kappa shape index (κ1) is 23.7. The Balaban J connectivity index is 1.19. The Morgan fingerprint density at radius 1 is 0.892 bits per heavy atom. The summed E-state index contributed by atoms with van der Waals surface area (Å²) >= 11 is 0. The number of carbonyl (C=O) groups excluding carboxylic acids is 2. The molecule has 5 rings (SSSR count). The highest BCUT2D eigenvalue weighted by molar-refractivity contribution is 5.97. The minimum absolute atomic E-state index is 0.0583. The molecule has 2 aromatic heterocycles. The van der Waals surface area contributed by atoms with Crippen LogP contribution >= 0.6 is 0 Å². The molecule has 8 nitrogen and oxygen atoms in total. The number of carbonyl (C=O) groups is 2. The van der Waals surface area contributed by atoms with E-state index in [1.807, 2.05) is 41.0 Å². The fraction of sp³-hybridized carbons (Fsp3) is 0.0714. The molecule has 2 N–H and O–H groups in total. The van der Waals surface area contributed by atoms with Gasteiger partial charge in [-0.05, 0) is 48.0 Å². The molecule has 0 radical (unpaired) electrons. The monoisotopic (exact) mass is 495 g/mol. The number of pyridine rings is 1. The zero-order chi connectivity index (χ0) is 25.6. The summed E-state index contributed by atoms with van der Waals surface area (Å²) in [4.78, 5) is 33.9. The summed E-state index contributed by atoms with van der Waals surface area (Å²) in [5.41, 5.74) is 2.98. The van der Waals surface area contributed by atoms with Crippen LogP contribution in [0.25, 0.3) is 16.9 Å². The van der Waals surface area contributed by atoms with Gasteiger partial charge < -0.3 is 15.4 Å². The third-order valence-corrected chi connectivity index (χ3v) is 5.60. The van der Waals surface area contributed by atoms with Crippen molar-refractivity contribution < 1.29 is 18.7 Å². The molecule has 0 unspecified atom stereocenters. The summed E-state index contributed by atoms with van der Waals surface area (Å²) in [5, 5.41) is 5.29. The van der Waals surface area contributed by atoms with Crippen LogP contribution in [0, 0.1) is 5.82 Å². The lowest BCUT2D eigenvalue weighted by molar-refractivity contribution is -0.118. The Morgan fingerprint density at radius 2 is 1.68 bits per heavy atom. The largest absolute Gasteiger partial charge is 0.483 e. The van der Waals surface area contributed by atoms with E-state index in [0.29, 0.717) is 0 Å². The fourth-order valence-electron chi connectivity index (χ4n) is 3.76. The minimum Gasteiger partial charge on any atom is -0.483 e. The quantitative estimate of drug-likeness (QED) is 0.330. The van der Waals surface area contributed by atoms with Crippen molar-refractivity contribution in [3.63, 3.8) is 0 Å². The van der Waals surface area contributed by atoms with E-state index in [1.54, 1.807) is 42.9 Å². The number of benzene rings is 3. The van der Waals surface area contributed by atoms with Gasteiger partial charge in [-0.2, -0.15) is 0 Å². The second-order valence-electron chi connectivity index (χ2n) is 8.12. The zero-order valence-corrected chi connectivity index (χ0v) is 19.6. The van der Waals surface area contributed by atoms with Crippen molar-refractivity contribution in [2.24, 2.45) is 0 Å². The van der Waals surface area contributed by atoms with Crippen molar-refractivity contribution in [3.05, 3.63) is 114 Å². The molecule has 2 amide bonds. The molecule has 0 fully saturated rings. The van der Waals surface area contributed by atoms with Crippen molar-refractivity contribution in [1.82, 2.24) is 19.9 Å². The molecule has 3 aromatic carbocycles. The van der Waals surface area contributed by atoms with E-state index < -0.39 is 11.7 Å². The average molecular weight is 496 g/mol. The van der Waals surface area contributed by atoms with Crippen LogP contribution in [0.15, 0.2) is 97.5 Å². The Labute approximate surface area is 211 Å². The lowest BCUT2D eigenvalue weighted by Crippen LogP contribution is -2.25. The Kier molecular flexibility index (Phi) is 6.84. The maximum Gasteiger partial charge on any atom is 0.262 e. The van der Waals surface area contributed by atoms with Gasteiger partial charge in [0.05, 0.1) is 22.3 Å². The first-order chi connectivity index (χ1) is 18.1. The van der Waals surface area contributed by atoms with Gasteiger partial charge in [0.25, 0.3) is 11.8 Å². The average Bonchev–Trinajstić information content (AvgIpc) is 3.36. The van der Waals surface area contributed by atoms with Gasteiger partial charge in [-0.1, -0.05) is 42.5 Å². The standard InChI is InChI=1S/C28H22FN5O3/c29-21-8-2-3-9-22(21)33-27(35)17-37-25-12-6-1-7-20(25)28(36)31-16-19-13-14-26(30-15-19)34-18-32-23-10-4-5-11-24(23)34/h1-15,18H,16-17H2,(H,31,36)(H,33,35). The first-order valence-corrected chi connectivity index (χ1v) is 11.5. The molecule has 0 atom stereocenters. The highest BCUT2D eigenvalue weighted by Gasteiger charge is 2.14. The number of nitrogens with one attached hydrogen (secondary N) is 2. The van der Waals surface area contributed by atoms with Crippen LogP contribution in [0.4, 0.5) is 10.1 Å². The van der Waals surface area contributed by atoms with Crippen LogP contribution in [-0.4, -0.2) is 33.0 Å². The molecule has 0 aliphatic carbocycles. The third kappa shape index (κ3) is 5.46. The highest BCUT2D eigenvalue weighted by Crippen LogP contribution is 2.19. The molecule has 9 heteroatoms. The molecule has 5 aromatic rings. The lowest BCUT2D eigenvalue weighted by atomic mass is 10.2. The van der Waals surface area contributed by atoms with Crippen LogP contribution in [0.2, 0.25) is 0 Å². The number of anilines is 1. The van der Waals surface area contributed by atoms with Crippen molar-refractivity contribution in [1.29, 1.82) is 0 Å². The summed E-state index contributed by atoms with van der Waals surface area (Å²) in [5.74, 6) is -0.496. The molecule has 0 aliphatic heterocycles. The van der Waals surface area contributed by atoms with Crippen molar-refractivity contribution in [2.45, 2.75) is 6.54 Å². The van der Waals surface area contributed by atoms with E-state index >= 15 is 0 Å². The van der Waals surface area contributed by atoms with Crippen LogP contribution < -0.4 is 15.4 Å². The Bertz CT molecular complexity index is 1570. The van der Waals surface area contributed by atoms with E-state index in [4.69, 9.17) is 4.74 Å². The fourth-order valence-corrected chi connectivity index (χ4v) is 3.76. The highest BCUT2D eigenvalue weighted by atomic mass is 19.1. The first-order valence-electron chi connectivity index (χ1n) is 11.5. The predicted octanol–water partition coefficient (Wildman–Crippen LogP) is 4.51. The van der Waals surface area contributed by atoms with Crippen LogP contribution in [0.5, 0.6) is 5.75 Å². The number of ether oxygens (including phenoxy) is 1. The van der Waals surface area contributed by atoms with Crippen LogP contribution in [-0.2, 0) is 11.3 Å². The summed E-state index contributed by atoms with van der Waals surface area (Å²) < 4.78 is 21.2. The number of imidazole rings is 1. The topological polar surface area (TPSA) is 98.1 Å². The number of hydrogen-bond acceptors (Lipinski definition) is 5. The molecule has 2 heterocycles. The molecular weight excluding hydrogens is 473 g/mol. The van der Waals surface area contributed by atoms with Gasteiger partial charge in [0.2, 0.25) is 0 Å². The number of nitrogens with zero attached hydrogens (tertiary/aromatic N) is 3. The summed E-state index contributed by atoms with van der Waals surface area (Å²) in [6, 6.07) is 24.0. The van der Waals surface area contributed by atoms with E-state index in [9.17, 15) is 14.0 Å². The smallest absolute Gasteiger partial charge is 0.262 e. The van der Waals surface area contributed by atoms with Crippen molar-refractivity contribution in [3.8, 4) is 11.6 Å². The van der Waals surface area contributed by atoms with Crippen molar-refractivity contribution in [2.75, 3.05) is 11.9 Å². The van der Waals surface area contributed by atoms with E-state index in [2.05, 4.69) is 20.6 Å². The van der Waals surface area contributed by atoms with Gasteiger partial charge >= 0.3 is 0 Å².